The van der Waals surface area contributed by atoms with E-state index in [1.54, 1.807) is 12.3 Å². The van der Waals surface area contributed by atoms with E-state index in [1.165, 1.54) is 42.1 Å². The van der Waals surface area contributed by atoms with Crippen molar-refractivity contribution in [2.45, 2.75) is 57.2 Å². The Labute approximate surface area is 243 Å². The average molecular weight is 608 g/mol. The highest BCUT2D eigenvalue weighted by molar-refractivity contribution is 6.03. The standard InChI is InChI=1S/C29H30F5N5O4/c1-17(29(32,33)34)38(14-18-3-6-21(30)7-4-18)25(41)16-39(27(35)43)26(42)28(2)12-24(31)22-11-19(5-8-23(22)28)20-13-36-37(15-20)9-10-40/h3-8,11,13,15,17,24,40H,9-10,12,14,16H2,1-2H3,(H2,35,43)/t17-,24+,28+/m1/s1. The molecule has 1 heterocycles. The van der Waals surface area contributed by atoms with Crippen molar-refractivity contribution < 1.29 is 41.4 Å². The molecule has 0 bridgehead atoms. The summed E-state index contributed by atoms with van der Waals surface area (Å²) in [6.45, 7) is 0.530. The second kappa shape index (κ2) is 12.1. The van der Waals surface area contributed by atoms with Crippen LogP contribution in [0.25, 0.3) is 11.1 Å². The summed E-state index contributed by atoms with van der Waals surface area (Å²) >= 11 is 0. The van der Waals surface area contributed by atoms with Crippen LogP contribution in [0.2, 0.25) is 0 Å². The first-order valence-electron chi connectivity index (χ1n) is 13.3. The number of nitrogens with zero attached hydrogens (tertiary/aromatic N) is 4. The molecule has 3 aromatic rings. The molecule has 0 unspecified atom stereocenters. The van der Waals surface area contributed by atoms with E-state index >= 15 is 4.39 Å². The molecule has 4 rings (SSSR count). The van der Waals surface area contributed by atoms with Crippen molar-refractivity contribution in [2.75, 3.05) is 13.2 Å². The number of aliphatic hydroxyl groups excluding tert-OH is 1. The minimum absolute atomic E-state index is 0.129. The maximum Gasteiger partial charge on any atom is 0.408 e. The molecule has 0 spiro atoms. The summed E-state index contributed by atoms with van der Waals surface area (Å²) in [5.74, 6) is -2.91. The van der Waals surface area contributed by atoms with Crippen molar-refractivity contribution in [3.05, 3.63) is 77.4 Å². The topological polar surface area (TPSA) is 122 Å². The van der Waals surface area contributed by atoms with E-state index in [0.717, 1.165) is 19.1 Å². The summed E-state index contributed by atoms with van der Waals surface area (Å²) in [7, 11) is 0. The fourth-order valence-corrected chi connectivity index (χ4v) is 5.20. The molecular weight excluding hydrogens is 577 g/mol. The van der Waals surface area contributed by atoms with E-state index in [1.807, 2.05) is 0 Å². The summed E-state index contributed by atoms with van der Waals surface area (Å²) in [6.07, 6.45) is -3.71. The number of imide groups is 1. The van der Waals surface area contributed by atoms with Crippen molar-refractivity contribution in [2.24, 2.45) is 5.73 Å². The Morgan fingerprint density at radius 2 is 1.84 bits per heavy atom. The van der Waals surface area contributed by atoms with Crippen LogP contribution in [0, 0.1) is 5.82 Å². The molecule has 3 N–H and O–H groups in total. The zero-order valence-electron chi connectivity index (χ0n) is 23.3. The largest absolute Gasteiger partial charge is 0.408 e. The van der Waals surface area contributed by atoms with Crippen molar-refractivity contribution >= 4 is 17.8 Å². The zero-order valence-corrected chi connectivity index (χ0v) is 23.3. The Hall–Kier alpha value is -4.33. The predicted octanol–water partition coefficient (Wildman–Crippen LogP) is 4.24. The summed E-state index contributed by atoms with van der Waals surface area (Å²) < 4.78 is 71.4. The number of urea groups is 1. The third kappa shape index (κ3) is 6.53. The SMILES string of the molecule is C[C@@H](N(Cc1ccc(F)cc1)C(=O)CN(C(N)=O)C(=O)[C@@]1(C)C[C@H](F)c2cc(-c3cnn(CCO)c3)ccc21)C(F)(F)F. The van der Waals surface area contributed by atoms with Gasteiger partial charge in [0.1, 0.15) is 24.6 Å². The second-order valence-electron chi connectivity index (χ2n) is 10.6. The Kier molecular flexibility index (Phi) is 8.90. The molecule has 4 amide bonds. The van der Waals surface area contributed by atoms with Gasteiger partial charge in [-0.15, -0.1) is 0 Å². The van der Waals surface area contributed by atoms with Gasteiger partial charge in [-0.3, -0.25) is 19.2 Å². The third-order valence-electron chi connectivity index (χ3n) is 7.67. The van der Waals surface area contributed by atoms with Gasteiger partial charge >= 0.3 is 12.2 Å². The minimum Gasteiger partial charge on any atom is -0.394 e. The fourth-order valence-electron chi connectivity index (χ4n) is 5.20. The Morgan fingerprint density at radius 1 is 1.16 bits per heavy atom. The summed E-state index contributed by atoms with van der Waals surface area (Å²) in [5, 5.41) is 13.2. The number of primary amides is 1. The van der Waals surface area contributed by atoms with Gasteiger partial charge in [0, 0.05) is 24.7 Å². The number of hydrogen-bond acceptors (Lipinski definition) is 5. The van der Waals surface area contributed by atoms with Crippen molar-refractivity contribution in [3.8, 4) is 11.1 Å². The summed E-state index contributed by atoms with van der Waals surface area (Å²) in [4.78, 5) is 40.2. The zero-order chi connectivity index (χ0) is 31.7. The molecule has 0 radical (unpaired) electrons. The van der Waals surface area contributed by atoms with Gasteiger partial charge < -0.3 is 15.7 Å². The van der Waals surface area contributed by atoms with Gasteiger partial charge in [0.15, 0.2) is 0 Å². The van der Waals surface area contributed by atoms with Crippen LogP contribution in [0.15, 0.2) is 54.9 Å². The van der Waals surface area contributed by atoms with E-state index in [0.29, 0.717) is 20.9 Å². The number of carbonyl (C=O) groups excluding carboxylic acids is 3. The van der Waals surface area contributed by atoms with Crippen LogP contribution in [-0.4, -0.2) is 67.9 Å². The highest BCUT2D eigenvalue weighted by Gasteiger charge is 2.50. The molecule has 2 aromatic carbocycles. The number of amides is 4. The number of halogens is 5. The average Bonchev–Trinajstić information content (AvgIpc) is 3.52. The van der Waals surface area contributed by atoms with Crippen LogP contribution >= 0.6 is 0 Å². The number of carbonyl (C=O) groups is 3. The quantitative estimate of drug-likeness (QED) is 0.353. The third-order valence-corrected chi connectivity index (χ3v) is 7.67. The first-order valence-corrected chi connectivity index (χ1v) is 13.3. The van der Waals surface area contributed by atoms with Gasteiger partial charge in [-0.1, -0.05) is 24.3 Å². The number of aliphatic hydroxyl groups is 1. The maximum atomic E-state index is 15.4. The van der Waals surface area contributed by atoms with Crippen molar-refractivity contribution in [1.82, 2.24) is 19.6 Å². The molecule has 230 valence electrons. The van der Waals surface area contributed by atoms with Crippen LogP contribution in [0.5, 0.6) is 0 Å². The number of rotatable bonds is 9. The number of hydrogen-bond donors (Lipinski definition) is 2. The Morgan fingerprint density at radius 3 is 2.44 bits per heavy atom. The maximum absolute atomic E-state index is 15.4. The monoisotopic (exact) mass is 607 g/mol. The van der Waals surface area contributed by atoms with Gasteiger partial charge in [-0.05, 0) is 54.3 Å². The van der Waals surface area contributed by atoms with Gasteiger partial charge in [0.2, 0.25) is 11.8 Å². The molecular formula is C29H30F5N5O4. The number of nitrogens with two attached hydrogens (primary N) is 1. The fraction of sp³-hybridized carbons (Fsp3) is 0.379. The predicted molar refractivity (Wildman–Crippen MR) is 144 cm³/mol. The van der Waals surface area contributed by atoms with Crippen LogP contribution in [0.4, 0.5) is 26.7 Å². The Bertz CT molecular complexity index is 1510. The van der Waals surface area contributed by atoms with Crippen LogP contribution < -0.4 is 5.73 Å². The molecule has 0 saturated carbocycles. The summed E-state index contributed by atoms with van der Waals surface area (Å²) in [5.41, 5.74) is 5.57. The molecule has 0 aliphatic heterocycles. The van der Waals surface area contributed by atoms with Gasteiger partial charge in [0.05, 0.1) is 24.8 Å². The lowest BCUT2D eigenvalue weighted by atomic mass is 9.82. The Balaban J connectivity index is 1.62. The molecule has 0 fully saturated rings. The number of fused-ring (bicyclic) bond motifs is 1. The van der Waals surface area contributed by atoms with E-state index in [9.17, 15) is 31.9 Å². The first-order chi connectivity index (χ1) is 20.1. The number of benzene rings is 2. The molecule has 14 heteroatoms. The van der Waals surface area contributed by atoms with Crippen LogP contribution in [0.3, 0.4) is 0 Å². The molecule has 43 heavy (non-hydrogen) atoms. The second-order valence-corrected chi connectivity index (χ2v) is 10.6. The molecule has 3 atom stereocenters. The highest BCUT2D eigenvalue weighted by Crippen LogP contribution is 2.49. The normalized spacial score (nSPS) is 18.7. The number of alkyl halides is 4. The van der Waals surface area contributed by atoms with Gasteiger partial charge in [-0.25, -0.2) is 13.6 Å². The van der Waals surface area contributed by atoms with Gasteiger partial charge in [-0.2, -0.15) is 18.3 Å². The van der Waals surface area contributed by atoms with Crippen LogP contribution in [0.1, 0.15) is 43.1 Å². The lowest BCUT2D eigenvalue weighted by Crippen LogP contribution is -2.55. The molecule has 1 aliphatic rings. The molecule has 0 saturated heterocycles. The lowest BCUT2D eigenvalue weighted by molar-refractivity contribution is -0.187. The smallest absolute Gasteiger partial charge is 0.394 e. The highest BCUT2D eigenvalue weighted by atomic mass is 19.4. The van der Waals surface area contributed by atoms with E-state index in [2.05, 4.69) is 5.10 Å². The summed E-state index contributed by atoms with van der Waals surface area (Å²) in [6, 6.07) is 5.41. The molecule has 1 aliphatic carbocycles. The number of aromatic nitrogens is 2. The molecule has 9 nitrogen and oxygen atoms in total. The first kappa shape index (κ1) is 31.6. The van der Waals surface area contributed by atoms with Crippen molar-refractivity contribution in [3.63, 3.8) is 0 Å². The van der Waals surface area contributed by atoms with Crippen LogP contribution in [-0.2, 0) is 28.1 Å². The van der Waals surface area contributed by atoms with Gasteiger partial charge in [0.25, 0.3) is 0 Å². The molecule has 1 aromatic heterocycles. The minimum atomic E-state index is -4.86. The lowest BCUT2D eigenvalue weighted by Gasteiger charge is -2.34. The van der Waals surface area contributed by atoms with E-state index in [4.69, 9.17) is 10.8 Å². The van der Waals surface area contributed by atoms with E-state index in [-0.39, 0.29) is 29.8 Å². The van der Waals surface area contributed by atoms with E-state index < -0.39 is 67.0 Å². The van der Waals surface area contributed by atoms with Crippen molar-refractivity contribution in [1.29, 1.82) is 0 Å².